The summed E-state index contributed by atoms with van der Waals surface area (Å²) in [5.74, 6) is 0. The van der Waals surface area contributed by atoms with Gasteiger partial charge in [-0.25, -0.2) is 9.97 Å². The fourth-order valence-electron chi connectivity index (χ4n) is 2.02. The van der Waals surface area contributed by atoms with E-state index in [-0.39, 0.29) is 5.56 Å². The average Bonchev–Trinajstić information content (AvgIpc) is 3.07. The number of fused-ring (bicyclic) bond motifs is 2. The standard InChI is InChI=1S/C12H8N4OS2/c17-11-10-9(1-3-18-10)13-7-16(11)6-8-5-15-2-4-19-12(15)14-8/h1-5,7H,6H2. The Bertz CT molecular complexity index is 901. The monoisotopic (exact) mass is 288 g/mol. The highest BCUT2D eigenvalue weighted by atomic mass is 32.1. The zero-order valence-corrected chi connectivity index (χ0v) is 11.3. The molecule has 0 aliphatic rings. The topological polar surface area (TPSA) is 52.2 Å². The minimum atomic E-state index is -0.00338. The van der Waals surface area contributed by atoms with Crippen LogP contribution >= 0.6 is 22.7 Å². The van der Waals surface area contributed by atoms with Crippen LogP contribution in [0.25, 0.3) is 15.2 Å². The molecule has 0 saturated heterocycles. The van der Waals surface area contributed by atoms with Gasteiger partial charge in [0, 0.05) is 17.8 Å². The molecule has 0 amide bonds. The maximum absolute atomic E-state index is 12.2. The molecule has 0 aliphatic heterocycles. The summed E-state index contributed by atoms with van der Waals surface area (Å²) in [7, 11) is 0. The minimum absolute atomic E-state index is 0.00338. The van der Waals surface area contributed by atoms with Crippen LogP contribution in [0.1, 0.15) is 5.69 Å². The van der Waals surface area contributed by atoms with E-state index in [0.29, 0.717) is 11.2 Å². The van der Waals surface area contributed by atoms with Crippen LogP contribution in [0.2, 0.25) is 0 Å². The van der Waals surface area contributed by atoms with Crippen LogP contribution < -0.4 is 5.56 Å². The second-order valence-corrected chi connectivity index (χ2v) is 5.93. The number of hydrogen-bond donors (Lipinski definition) is 0. The van der Waals surface area contributed by atoms with E-state index in [2.05, 4.69) is 9.97 Å². The van der Waals surface area contributed by atoms with Crippen LogP contribution in [0, 0.1) is 0 Å². The van der Waals surface area contributed by atoms with E-state index >= 15 is 0 Å². The zero-order valence-electron chi connectivity index (χ0n) is 9.68. The first-order chi connectivity index (χ1) is 9.31. The molecule has 94 valence electrons. The van der Waals surface area contributed by atoms with E-state index in [1.165, 1.54) is 11.3 Å². The second-order valence-electron chi connectivity index (χ2n) is 4.14. The SMILES string of the molecule is O=c1c2sccc2ncn1Cc1cn2ccsc2n1. The number of aromatic nitrogens is 4. The quantitative estimate of drug-likeness (QED) is 0.568. The van der Waals surface area contributed by atoms with E-state index in [0.717, 1.165) is 16.2 Å². The molecule has 0 bridgehead atoms. The lowest BCUT2D eigenvalue weighted by molar-refractivity contribution is 0.735. The Hall–Kier alpha value is -1.99. The van der Waals surface area contributed by atoms with Gasteiger partial charge in [0.25, 0.3) is 5.56 Å². The smallest absolute Gasteiger partial charge is 0.271 e. The predicted molar refractivity (Wildman–Crippen MR) is 76.1 cm³/mol. The van der Waals surface area contributed by atoms with Crippen molar-refractivity contribution in [2.45, 2.75) is 6.54 Å². The third-order valence-corrected chi connectivity index (χ3v) is 4.57. The molecule has 0 unspecified atom stereocenters. The van der Waals surface area contributed by atoms with Crippen molar-refractivity contribution in [3.8, 4) is 0 Å². The molecule has 0 fully saturated rings. The lowest BCUT2D eigenvalue weighted by Crippen LogP contribution is -2.20. The normalized spacial score (nSPS) is 11.6. The third kappa shape index (κ3) is 1.70. The maximum atomic E-state index is 12.2. The molecule has 5 nitrogen and oxygen atoms in total. The van der Waals surface area contributed by atoms with Crippen molar-refractivity contribution in [3.63, 3.8) is 0 Å². The summed E-state index contributed by atoms with van der Waals surface area (Å²) in [5, 5.41) is 3.87. The van der Waals surface area contributed by atoms with Crippen molar-refractivity contribution in [3.05, 3.63) is 51.6 Å². The third-order valence-electron chi connectivity index (χ3n) is 2.91. The Morgan fingerprint density at radius 1 is 1.26 bits per heavy atom. The van der Waals surface area contributed by atoms with E-state index in [1.807, 2.05) is 33.6 Å². The number of rotatable bonds is 2. The molecule has 0 aromatic carbocycles. The van der Waals surface area contributed by atoms with Gasteiger partial charge in [-0.2, -0.15) is 0 Å². The van der Waals surface area contributed by atoms with Crippen molar-refractivity contribution >= 4 is 37.9 Å². The van der Waals surface area contributed by atoms with Gasteiger partial charge in [-0.1, -0.05) is 0 Å². The molecule has 4 rings (SSSR count). The van der Waals surface area contributed by atoms with Gasteiger partial charge in [0.2, 0.25) is 0 Å². The van der Waals surface area contributed by atoms with Crippen LogP contribution in [0.5, 0.6) is 0 Å². The van der Waals surface area contributed by atoms with E-state index < -0.39 is 0 Å². The van der Waals surface area contributed by atoms with Gasteiger partial charge < -0.3 is 0 Å². The summed E-state index contributed by atoms with van der Waals surface area (Å²) in [5.41, 5.74) is 1.63. The van der Waals surface area contributed by atoms with E-state index in [9.17, 15) is 4.79 Å². The molecule has 4 aromatic heterocycles. The van der Waals surface area contributed by atoms with Crippen molar-refractivity contribution in [1.29, 1.82) is 0 Å². The number of thiazole rings is 1. The molecule has 4 heterocycles. The summed E-state index contributed by atoms with van der Waals surface area (Å²) in [6.45, 7) is 0.452. The first-order valence-corrected chi connectivity index (χ1v) is 7.41. The minimum Gasteiger partial charge on any atom is -0.297 e. The number of nitrogens with zero attached hydrogens (tertiary/aromatic N) is 4. The lowest BCUT2D eigenvalue weighted by atomic mass is 10.4. The Labute approximate surface area is 115 Å². The molecule has 0 atom stereocenters. The van der Waals surface area contributed by atoms with Crippen LogP contribution in [0.3, 0.4) is 0 Å². The highest BCUT2D eigenvalue weighted by Gasteiger charge is 2.08. The van der Waals surface area contributed by atoms with Crippen LogP contribution in [0.15, 0.2) is 40.3 Å². The number of thiophene rings is 1. The van der Waals surface area contributed by atoms with Crippen molar-refractivity contribution in [1.82, 2.24) is 18.9 Å². The van der Waals surface area contributed by atoms with Gasteiger partial charge in [0.1, 0.15) is 4.70 Å². The molecule has 4 aromatic rings. The molecular weight excluding hydrogens is 280 g/mol. The first-order valence-electron chi connectivity index (χ1n) is 5.65. The van der Waals surface area contributed by atoms with Crippen LogP contribution in [-0.4, -0.2) is 18.9 Å². The molecule has 0 N–H and O–H groups in total. The van der Waals surface area contributed by atoms with Crippen LogP contribution in [0.4, 0.5) is 0 Å². The maximum Gasteiger partial charge on any atom is 0.271 e. The summed E-state index contributed by atoms with van der Waals surface area (Å²) in [6, 6.07) is 1.86. The Balaban J connectivity index is 1.80. The molecule has 0 spiro atoms. The number of hydrogen-bond acceptors (Lipinski definition) is 5. The van der Waals surface area contributed by atoms with E-state index in [4.69, 9.17) is 0 Å². The summed E-state index contributed by atoms with van der Waals surface area (Å²) in [6.07, 6.45) is 5.49. The van der Waals surface area contributed by atoms with Gasteiger partial charge >= 0.3 is 0 Å². The highest BCUT2D eigenvalue weighted by Crippen LogP contribution is 2.14. The molecule has 0 saturated carbocycles. The fraction of sp³-hybridized carbons (Fsp3) is 0.0833. The highest BCUT2D eigenvalue weighted by molar-refractivity contribution is 7.17. The Morgan fingerprint density at radius 2 is 2.21 bits per heavy atom. The largest absolute Gasteiger partial charge is 0.297 e. The number of imidazole rings is 1. The molecule has 7 heteroatoms. The average molecular weight is 288 g/mol. The van der Waals surface area contributed by atoms with Crippen molar-refractivity contribution < 1.29 is 0 Å². The van der Waals surface area contributed by atoms with Crippen LogP contribution in [-0.2, 0) is 6.54 Å². The zero-order chi connectivity index (χ0) is 12.8. The van der Waals surface area contributed by atoms with E-state index in [1.54, 1.807) is 22.2 Å². The van der Waals surface area contributed by atoms with Crippen molar-refractivity contribution in [2.24, 2.45) is 0 Å². The molecule has 0 radical (unpaired) electrons. The summed E-state index contributed by atoms with van der Waals surface area (Å²) >= 11 is 3.00. The molecule has 19 heavy (non-hydrogen) atoms. The van der Waals surface area contributed by atoms with Gasteiger partial charge in [0.05, 0.1) is 24.1 Å². The lowest BCUT2D eigenvalue weighted by Gasteiger charge is -2.01. The summed E-state index contributed by atoms with van der Waals surface area (Å²) in [4.78, 5) is 21.9. The first kappa shape index (κ1) is 10.9. The van der Waals surface area contributed by atoms with Gasteiger partial charge in [0.15, 0.2) is 4.96 Å². The Morgan fingerprint density at radius 3 is 3.11 bits per heavy atom. The Kier molecular flexibility index (Phi) is 2.30. The molecular formula is C12H8N4OS2. The summed E-state index contributed by atoms with van der Waals surface area (Å²) < 4.78 is 4.26. The van der Waals surface area contributed by atoms with Gasteiger partial charge in [-0.15, -0.1) is 22.7 Å². The van der Waals surface area contributed by atoms with Crippen molar-refractivity contribution in [2.75, 3.05) is 0 Å². The van der Waals surface area contributed by atoms with Gasteiger partial charge in [-0.05, 0) is 11.4 Å². The molecule has 0 aliphatic carbocycles. The van der Waals surface area contributed by atoms with Gasteiger partial charge in [-0.3, -0.25) is 13.8 Å². The fourth-order valence-corrected chi connectivity index (χ4v) is 3.53. The second kappa shape index (κ2) is 4.01. The predicted octanol–water partition coefficient (Wildman–Crippen LogP) is 2.22.